The number of anilines is 1. The lowest BCUT2D eigenvalue weighted by Crippen LogP contribution is -2.21. The normalized spacial score (nSPS) is 11.4. The van der Waals surface area contributed by atoms with E-state index in [9.17, 15) is 17.6 Å². The van der Waals surface area contributed by atoms with Crippen molar-refractivity contribution in [2.24, 2.45) is 0 Å². The van der Waals surface area contributed by atoms with Crippen molar-refractivity contribution in [2.45, 2.75) is 11.8 Å². The first-order chi connectivity index (χ1) is 12.7. The van der Waals surface area contributed by atoms with Gasteiger partial charge in [-0.1, -0.05) is 29.3 Å². The Kier molecular flexibility index (Phi) is 5.23. The summed E-state index contributed by atoms with van der Waals surface area (Å²) in [4.78, 5) is 12.0. The Labute approximate surface area is 164 Å². The molecule has 0 saturated heterocycles. The van der Waals surface area contributed by atoms with E-state index in [1.165, 1.54) is 42.6 Å². The van der Waals surface area contributed by atoms with Crippen LogP contribution in [-0.4, -0.2) is 18.2 Å². The Hall–Kier alpha value is -2.42. The van der Waals surface area contributed by atoms with E-state index in [1.54, 1.807) is 6.92 Å². The van der Waals surface area contributed by atoms with Crippen molar-refractivity contribution < 1.29 is 12.8 Å². The summed E-state index contributed by atoms with van der Waals surface area (Å²) in [6, 6.07) is 9.39. The zero-order valence-corrected chi connectivity index (χ0v) is 16.1. The van der Waals surface area contributed by atoms with Crippen LogP contribution in [0, 0.1) is 12.7 Å². The first-order valence-corrected chi connectivity index (χ1v) is 9.76. The Balaban J connectivity index is 1.91. The number of hydrogen-bond donors (Lipinski definition) is 1. The summed E-state index contributed by atoms with van der Waals surface area (Å²) in [5.41, 5.74) is 0.179. The maximum absolute atomic E-state index is 13.6. The lowest BCUT2D eigenvalue weighted by atomic mass is 10.2. The second-order valence-corrected chi connectivity index (χ2v) is 8.05. The molecule has 0 fully saturated rings. The van der Waals surface area contributed by atoms with Crippen molar-refractivity contribution in [3.63, 3.8) is 0 Å². The first-order valence-electron chi connectivity index (χ1n) is 7.52. The van der Waals surface area contributed by atoms with Crippen molar-refractivity contribution >= 4 is 38.9 Å². The maximum atomic E-state index is 13.6. The molecule has 0 radical (unpaired) electrons. The first kappa shape index (κ1) is 19.3. The molecule has 0 spiro atoms. The number of nitrogens with zero attached hydrogens (tertiary/aromatic N) is 2. The van der Waals surface area contributed by atoms with Gasteiger partial charge in [-0.05, 0) is 48.9 Å². The number of halogens is 3. The molecule has 0 aliphatic rings. The van der Waals surface area contributed by atoms with Gasteiger partial charge in [0, 0.05) is 0 Å². The van der Waals surface area contributed by atoms with E-state index in [-0.39, 0.29) is 20.6 Å². The van der Waals surface area contributed by atoms with Crippen molar-refractivity contribution in [1.82, 2.24) is 9.78 Å². The highest BCUT2D eigenvalue weighted by molar-refractivity contribution is 7.92. The van der Waals surface area contributed by atoms with E-state index in [4.69, 9.17) is 23.2 Å². The Morgan fingerprint density at radius 3 is 2.41 bits per heavy atom. The fourth-order valence-corrected chi connectivity index (χ4v) is 3.54. The minimum Gasteiger partial charge on any atom is -0.280 e. The lowest BCUT2D eigenvalue weighted by molar-refractivity contribution is 0.601. The molecule has 140 valence electrons. The minimum atomic E-state index is -3.94. The summed E-state index contributed by atoms with van der Waals surface area (Å²) in [6.07, 6.45) is 1.21. The third-order valence-electron chi connectivity index (χ3n) is 3.69. The van der Waals surface area contributed by atoms with Gasteiger partial charge in [0.2, 0.25) is 0 Å². The number of rotatable bonds is 4. The molecule has 0 amide bonds. The third-order valence-corrected chi connectivity index (χ3v) is 5.84. The molecular formula is C17H12Cl2FN3O3S. The van der Waals surface area contributed by atoms with E-state index in [1.807, 2.05) is 0 Å². The van der Waals surface area contributed by atoms with Crippen LogP contribution in [0.3, 0.4) is 0 Å². The molecule has 27 heavy (non-hydrogen) atoms. The van der Waals surface area contributed by atoms with E-state index >= 15 is 0 Å². The molecule has 0 saturated carbocycles. The van der Waals surface area contributed by atoms with Crippen LogP contribution in [0.5, 0.6) is 0 Å². The summed E-state index contributed by atoms with van der Waals surface area (Å²) in [5.74, 6) is -0.518. The van der Waals surface area contributed by atoms with Crippen molar-refractivity contribution in [1.29, 1.82) is 0 Å². The highest BCUT2D eigenvalue weighted by Crippen LogP contribution is 2.20. The molecule has 0 aliphatic carbocycles. The highest BCUT2D eigenvalue weighted by Gasteiger charge is 2.16. The number of aromatic nitrogens is 2. The molecular weight excluding hydrogens is 416 g/mol. The SMILES string of the molecule is Cc1ccc(NS(=O)(=O)c2ccc(-n3ncc(Cl)c(Cl)c3=O)cc2)cc1F. The van der Waals surface area contributed by atoms with Crippen molar-refractivity contribution in [2.75, 3.05) is 4.72 Å². The number of nitrogens with one attached hydrogen (secondary N) is 1. The Bertz CT molecular complexity index is 1180. The zero-order chi connectivity index (χ0) is 19.8. The van der Waals surface area contributed by atoms with Crippen LogP contribution in [0.25, 0.3) is 5.69 Å². The summed E-state index contributed by atoms with van der Waals surface area (Å²) in [5, 5.41) is 3.70. The number of aryl methyl sites for hydroxylation is 1. The van der Waals surface area contributed by atoms with Crippen LogP contribution in [0.4, 0.5) is 10.1 Å². The second kappa shape index (κ2) is 7.30. The smallest absolute Gasteiger partial charge is 0.280 e. The fourth-order valence-electron chi connectivity index (χ4n) is 2.23. The van der Waals surface area contributed by atoms with Crippen LogP contribution in [0.15, 0.2) is 58.4 Å². The topological polar surface area (TPSA) is 81.1 Å². The maximum Gasteiger partial charge on any atom is 0.291 e. The average Bonchev–Trinajstić information content (AvgIpc) is 2.63. The summed E-state index contributed by atoms with van der Waals surface area (Å²) in [7, 11) is -3.94. The minimum absolute atomic E-state index is 0.0200. The van der Waals surface area contributed by atoms with Gasteiger partial charge >= 0.3 is 0 Å². The quantitative estimate of drug-likeness (QED) is 0.686. The molecule has 10 heteroatoms. The van der Waals surface area contributed by atoms with Crippen LogP contribution in [-0.2, 0) is 10.0 Å². The van der Waals surface area contributed by atoms with Crippen LogP contribution < -0.4 is 10.3 Å². The highest BCUT2D eigenvalue weighted by atomic mass is 35.5. The number of sulfonamides is 1. The van der Waals surface area contributed by atoms with Gasteiger partial charge < -0.3 is 0 Å². The molecule has 6 nitrogen and oxygen atoms in total. The predicted molar refractivity (Wildman–Crippen MR) is 102 cm³/mol. The lowest BCUT2D eigenvalue weighted by Gasteiger charge is -2.10. The monoisotopic (exact) mass is 427 g/mol. The number of benzene rings is 2. The summed E-state index contributed by atoms with van der Waals surface area (Å²) >= 11 is 11.5. The standard InChI is InChI=1S/C17H12Cl2FN3O3S/c1-10-2-3-11(8-15(10)20)22-27(25,26)13-6-4-12(5-7-13)23-17(24)16(19)14(18)9-21-23/h2-9,22H,1H3. The van der Waals surface area contributed by atoms with Crippen LogP contribution in [0.2, 0.25) is 10.0 Å². The molecule has 2 aromatic carbocycles. The third kappa shape index (κ3) is 3.97. The molecule has 1 N–H and O–H groups in total. The number of hydrogen-bond acceptors (Lipinski definition) is 4. The zero-order valence-electron chi connectivity index (χ0n) is 13.8. The van der Waals surface area contributed by atoms with Crippen LogP contribution in [0.1, 0.15) is 5.56 Å². The second-order valence-electron chi connectivity index (χ2n) is 5.59. The van der Waals surface area contributed by atoms with E-state index in [0.29, 0.717) is 11.3 Å². The van der Waals surface area contributed by atoms with Gasteiger partial charge in [0.25, 0.3) is 15.6 Å². The molecule has 1 heterocycles. The van der Waals surface area contributed by atoms with Crippen molar-refractivity contribution in [3.05, 3.63) is 80.4 Å². The molecule has 0 unspecified atom stereocenters. The van der Waals surface area contributed by atoms with Gasteiger partial charge in [0.1, 0.15) is 10.8 Å². The molecule has 0 aliphatic heterocycles. The fraction of sp³-hybridized carbons (Fsp3) is 0.0588. The largest absolute Gasteiger partial charge is 0.291 e. The molecule has 3 aromatic rings. The predicted octanol–water partition coefficient (Wildman–Crippen LogP) is 3.79. The van der Waals surface area contributed by atoms with Gasteiger partial charge in [-0.15, -0.1) is 0 Å². The summed E-state index contributed by atoms with van der Waals surface area (Å²) < 4.78 is 41.8. The van der Waals surface area contributed by atoms with Crippen LogP contribution >= 0.6 is 23.2 Å². The van der Waals surface area contributed by atoms with Gasteiger partial charge in [0.05, 0.1) is 27.5 Å². The molecule has 0 bridgehead atoms. The Morgan fingerprint density at radius 2 is 1.78 bits per heavy atom. The van der Waals surface area contributed by atoms with E-state index in [0.717, 1.165) is 10.7 Å². The Morgan fingerprint density at radius 1 is 1.11 bits per heavy atom. The van der Waals surface area contributed by atoms with E-state index in [2.05, 4.69) is 9.82 Å². The van der Waals surface area contributed by atoms with Gasteiger partial charge in [-0.25, -0.2) is 12.8 Å². The van der Waals surface area contributed by atoms with E-state index < -0.39 is 21.4 Å². The van der Waals surface area contributed by atoms with Gasteiger partial charge in [-0.3, -0.25) is 9.52 Å². The van der Waals surface area contributed by atoms with Crippen molar-refractivity contribution in [3.8, 4) is 5.69 Å². The van der Waals surface area contributed by atoms with Gasteiger partial charge in [0.15, 0.2) is 0 Å². The molecule has 3 rings (SSSR count). The summed E-state index contributed by atoms with van der Waals surface area (Å²) in [6.45, 7) is 1.57. The average molecular weight is 428 g/mol. The molecule has 0 atom stereocenters. The molecule has 1 aromatic heterocycles. The van der Waals surface area contributed by atoms with Gasteiger partial charge in [-0.2, -0.15) is 9.78 Å².